The number of anilines is 1. The van der Waals surface area contributed by atoms with Crippen molar-refractivity contribution in [3.8, 4) is 5.75 Å². The van der Waals surface area contributed by atoms with E-state index in [9.17, 15) is 5.11 Å². The minimum atomic E-state index is 0.115. The van der Waals surface area contributed by atoms with Gasteiger partial charge in [0.15, 0.2) is 0 Å². The lowest BCUT2D eigenvalue weighted by Crippen LogP contribution is -1.91. The van der Waals surface area contributed by atoms with Gasteiger partial charge in [0, 0.05) is 18.3 Å². The summed E-state index contributed by atoms with van der Waals surface area (Å²) >= 11 is 0. The molecule has 3 nitrogen and oxygen atoms in total. The van der Waals surface area contributed by atoms with Crippen molar-refractivity contribution in [1.29, 1.82) is 0 Å². The molecule has 0 atom stereocenters. The van der Waals surface area contributed by atoms with Crippen LogP contribution in [-0.2, 0) is 0 Å². The van der Waals surface area contributed by atoms with Crippen molar-refractivity contribution >= 4 is 24.2 Å². The molecule has 0 saturated carbocycles. The highest BCUT2D eigenvalue weighted by Crippen LogP contribution is 2.35. The van der Waals surface area contributed by atoms with Gasteiger partial charge in [0.05, 0.1) is 0 Å². The maximum atomic E-state index is 9.43. The van der Waals surface area contributed by atoms with Crippen molar-refractivity contribution in [2.75, 3.05) is 12.4 Å². The van der Waals surface area contributed by atoms with E-state index in [4.69, 9.17) is 0 Å². The van der Waals surface area contributed by atoms with Gasteiger partial charge in [-0.3, -0.25) is 4.99 Å². The summed E-state index contributed by atoms with van der Waals surface area (Å²) in [4.78, 5) is 3.74. The van der Waals surface area contributed by atoms with Gasteiger partial charge in [-0.05, 0) is 18.9 Å². The lowest BCUT2D eigenvalue weighted by Gasteiger charge is -2.09. The topological polar surface area (TPSA) is 44.6 Å². The summed E-state index contributed by atoms with van der Waals surface area (Å²) in [6, 6.07) is 3.34. The fourth-order valence-corrected chi connectivity index (χ4v) is 1.19. The first-order valence-corrected chi connectivity index (χ1v) is 4.87. The number of phenols is 1. The minimum absolute atomic E-state index is 0.115. The summed E-state index contributed by atoms with van der Waals surface area (Å²) in [6.45, 7) is 11.0. The maximum Gasteiger partial charge on any atom is 0.141 e. The summed E-state index contributed by atoms with van der Waals surface area (Å²) in [6.07, 6.45) is 1.63. The molecule has 1 rings (SSSR count). The Morgan fingerprint density at radius 2 is 2.00 bits per heavy atom. The normalized spacial score (nSPS) is 8.47. The number of hydrogen-bond acceptors (Lipinski definition) is 3. The van der Waals surface area contributed by atoms with Crippen LogP contribution in [0.4, 0.5) is 11.4 Å². The Bertz CT molecular complexity index is 346. The molecule has 0 aliphatic carbocycles. The van der Waals surface area contributed by atoms with Crippen molar-refractivity contribution < 1.29 is 5.11 Å². The quantitative estimate of drug-likeness (QED) is 0.587. The van der Waals surface area contributed by atoms with Crippen LogP contribution in [0.2, 0.25) is 0 Å². The molecular weight excluding hydrogens is 188 g/mol. The van der Waals surface area contributed by atoms with Gasteiger partial charge in [-0.1, -0.05) is 26.5 Å². The zero-order valence-electron chi connectivity index (χ0n) is 9.54. The number of aromatic hydroxyl groups is 1. The van der Waals surface area contributed by atoms with E-state index in [0.717, 1.165) is 11.3 Å². The Labute approximate surface area is 91.2 Å². The molecule has 3 heteroatoms. The molecular formula is C12H18N2O. The molecule has 0 heterocycles. The lowest BCUT2D eigenvalue weighted by molar-refractivity contribution is 0.477. The van der Waals surface area contributed by atoms with Crippen LogP contribution in [0.5, 0.6) is 5.75 Å². The van der Waals surface area contributed by atoms with Gasteiger partial charge >= 0.3 is 0 Å². The second-order valence-corrected chi connectivity index (χ2v) is 2.51. The third kappa shape index (κ3) is 2.84. The van der Waals surface area contributed by atoms with Crippen LogP contribution in [0.3, 0.4) is 0 Å². The Morgan fingerprint density at radius 3 is 2.40 bits per heavy atom. The van der Waals surface area contributed by atoms with Crippen molar-refractivity contribution in [2.24, 2.45) is 4.99 Å². The number of aliphatic imine (C=N–C) groups is 1. The fraction of sp³-hybridized carbons (Fsp3) is 0.250. The molecule has 1 aromatic carbocycles. The molecule has 0 bridgehead atoms. The van der Waals surface area contributed by atoms with Gasteiger partial charge in [0.1, 0.15) is 11.4 Å². The van der Waals surface area contributed by atoms with Gasteiger partial charge in [-0.2, -0.15) is 0 Å². The van der Waals surface area contributed by atoms with Crippen LogP contribution in [0.15, 0.2) is 23.7 Å². The van der Waals surface area contributed by atoms with Crippen LogP contribution in [0.1, 0.15) is 19.4 Å². The maximum absolute atomic E-state index is 9.43. The molecule has 0 aliphatic rings. The Morgan fingerprint density at radius 1 is 1.40 bits per heavy atom. The van der Waals surface area contributed by atoms with Crippen LogP contribution >= 0.6 is 0 Å². The molecule has 0 saturated heterocycles. The molecule has 0 amide bonds. The third-order valence-corrected chi connectivity index (χ3v) is 1.83. The summed E-state index contributed by atoms with van der Waals surface area (Å²) < 4.78 is 0. The zero-order chi connectivity index (χ0) is 11.8. The van der Waals surface area contributed by atoms with Crippen molar-refractivity contribution in [2.45, 2.75) is 13.8 Å². The largest absolute Gasteiger partial charge is 0.506 e. The average molecular weight is 206 g/mol. The number of benzene rings is 1. The number of nitrogens with zero attached hydrogens (tertiary/aromatic N) is 1. The molecule has 1 aromatic rings. The third-order valence-electron chi connectivity index (χ3n) is 1.83. The molecule has 0 spiro atoms. The minimum Gasteiger partial charge on any atom is -0.506 e. The van der Waals surface area contributed by atoms with Crippen LogP contribution < -0.4 is 5.32 Å². The molecule has 0 aliphatic heterocycles. The molecule has 82 valence electrons. The van der Waals surface area contributed by atoms with Gasteiger partial charge in [0.25, 0.3) is 0 Å². The fourth-order valence-electron chi connectivity index (χ4n) is 1.19. The van der Waals surface area contributed by atoms with E-state index in [0.29, 0.717) is 5.69 Å². The first kappa shape index (κ1) is 13.2. The van der Waals surface area contributed by atoms with Crippen molar-refractivity contribution in [3.05, 3.63) is 24.3 Å². The van der Waals surface area contributed by atoms with Gasteiger partial charge in [0.2, 0.25) is 0 Å². The first-order chi connectivity index (χ1) is 7.24. The Hall–Kier alpha value is -1.77. The Balaban J connectivity index is 0.000000921. The summed E-state index contributed by atoms with van der Waals surface area (Å²) in [5.41, 5.74) is 2.09. The van der Waals surface area contributed by atoms with E-state index in [-0.39, 0.29) is 5.75 Å². The molecule has 0 aromatic heterocycles. The first-order valence-electron chi connectivity index (χ1n) is 4.87. The van der Waals surface area contributed by atoms with E-state index in [1.807, 2.05) is 13.8 Å². The Kier molecular flexibility index (Phi) is 5.86. The zero-order valence-corrected chi connectivity index (χ0v) is 9.54. The van der Waals surface area contributed by atoms with Crippen LogP contribution in [0, 0.1) is 0 Å². The van der Waals surface area contributed by atoms with Crippen LogP contribution in [-0.4, -0.2) is 18.9 Å². The second kappa shape index (κ2) is 6.65. The smallest absolute Gasteiger partial charge is 0.141 e. The predicted molar refractivity (Wildman–Crippen MR) is 68.3 cm³/mol. The molecule has 0 unspecified atom stereocenters. The second-order valence-electron chi connectivity index (χ2n) is 2.51. The SMILES string of the molecule is C=Cc1c(NC)ccc(O)c1N=C.CC. The lowest BCUT2D eigenvalue weighted by atomic mass is 10.1. The van der Waals surface area contributed by atoms with E-state index in [2.05, 4.69) is 23.6 Å². The average Bonchev–Trinajstić information content (AvgIpc) is 2.31. The van der Waals surface area contributed by atoms with E-state index in [1.54, 1.807) is 25.3 Å². The number of phenolic OH excluding ortho intramolecular Hbond substituents is 1. The highest BCUT2D eigenvalue weighted by molar-refractivity contribution is 5.80. The highest BCUT2D eigenvalue weighted by atomic mass is 16.3. The number of hydrogen-bond donors (Lipinski definition) is 2. The van der Waals surface area contributed by atoms with Crippen molar-refractivity contribution in [3.63, 3.8) is 0 Å². The number of rotatable bonds is 3. The summed E-state index contributed by atoms with van der Waals surface area (Å²) in [5.74, 6) is 0.115. The number of nitrogens with one attached hydrogen (secondary N) is 1. The molecule has 2 N–H and O–H groups in total. The highest BCUT2D eigenvalue weighted by Gasteiger charge is 2.07. The summed E-state index contributed by atoms with van der Waals surface area (Å²) in [7, 11) is 1.80. The van der Waals surface area contributed by atoms with E-state index in [1.165, 1.54) is 0 Å². The van der Waals surface area contributed by atoms with Gasteiger partial charge in [-0.25, -0.2) is 0 Å². The van der Waals surface area contributed by atoms with Crippen LogP contribution in [0.25, 0.3) is 6.08 Å². The molecule has 0 radical (unpaired) electrons. The van der Waals surface area contributed by atoms with Crippen molar-refractivity contribution in [1.82, 2.24) is 0 Å². The molecule has 15 heavy (non-hydrogen) atoms. The standard InChI is InChI=1S/C10H12N2O.C2H6/c1-4-7-8(11-2)5-6-9(13)10(7)12-3;1-2/h4-6,11,13H,1,3H2,2H3;1-2H3. The van der Waals surface area contributed by atoms with Gasteiger partial charge in [-0.15, -0.1) is 0 Å². The van der Waals surface area contributed by atoms with E-state index >= 15 is 0 Å². The molecule has 0 fully saturated rings. The predicted octanol–water partition coefficient (Wildman–Crippen LogP) is 3.44. The van der Waals surface area contributed by atoms with Gasteiger partial charge < -0.3 is 10.4 Å². The summed E-state index contributed by atoms with van der Waals surface area (Å²) in [5, 5.41) is 12.4. The van der Waals surface area contributed by atoms with E-state index < -0.39 is 0 Å². The monoisotopic (exact) mass is 206 g/mol.